The number of ether oxygens (including phenoxy) is 1. The van der Waals surface area contributed by atoms with Gasteiger partial charge in [-0.2, -0.15) is 0 Å². The number of hydrogen-bond acceptors (Lipinski definition) is 5. The van der Waals surface area contributed by atoms with Crippen LogP contribution in [0.1, 0.15) is 40.6 Å². The van der Waals surface area contributed by atoms with Crippen LogP contribution in [0, 0.1) is 12.7 Å². The molecule has 0 spiro atoms. The summed E-state index contributed by atoms with van der Waals surface area (Å²) in [5.74, 6) is -0.783. The fourth-order valence-corrected chi connectivity index (χ4v) is 3.91. The molecule has 1 N–H and O–H groups in total. The first kappa shape index (κ1) is 19.5. The van der Waals surface area contributed by atoms with Crippen molar-refractivity contribution in [3.05, 3.63) is 52.2 Å². The summed E-state index contributed by atoms with van der Waals surface area (Å²) in [7, 11) is 0. The van der Waals surface area contributed by atoms with Crippen LogP contribution < -0.4 is 5.32 Å². The average Bonchev–Trinajstić information content (AvgIpc) is 3.38. The van der Waals surface area contributed by atoms with Crippen LogP contribution in [-0.4, -0.2) is 36.0 Å². The number of halogens is 1. The molecule has 27 heavy (non-hydrogen) atoms. The summed E-state index contributed by atoms with van der Waals surface area (Å²) in [6.45, 7) is 4.65. The third-order valence-corrected chi connectivity index (χ3v) is 5.46. The second-order valence-corrected chi connectivity index (χ2v) is 7.71. The molecule has 2 aromatic rings. The maximum absolute atomic E-state index is 13.4. The molecule has 7 heteroatoms. The Labute approximate surface area is 162 Å². The van der Waals surface area contributed by atoms with Crippen LogP contribution in [0.15, 0.2) is 30.3 Å². The summed E-state index contributed by atoms with van der Waals surface area (Å²) < 4.78 is 18.4. The van der Waals surface area contributed by atoms with Crippen molar-refractivity contribution in [2.45, 2.75) is 39.3 Å². The van der Waals surface area contributed by atoms with E-state index in [-0.39, 0.29) is 24.2 Å². The van der Waals surface area contributed by atoms with Gasteiger partial charge < -0.3 is 10.1 Å². The molecule has 0 radical (unpaired) electrons. The first-order chi connectivity index (χ1) is 13.0. The molecule has 0 aliphatic heterocycles. The van der Waals surface area contributed by atoms with E-state index in [1.165, 1.54) is 23.5 Å². The maximum atomic E-state index is 13.4. The van der Waals surface area contributed by atoms with Gasteiger partial charge in [0.25, 0.3) is 0 Å². The summed E-state index contributed by atoms with van der Waals surface area (Å²) in [6, 6.07) is 8.60. The largest absolute Gasteiger partial charge is 0.462 e. The van der Waals surface area contributed by atoms with E-state index >= 15 is 0 Å². The molecule has 0 unspecified atom stereocenters. The molecule has 0 saturated heterocycles. The average molecular weight is 390 g/mol. The van der Waals surface area contributed by atoms with Crippen LogP contribution in [0.25, 0.3) is 0 Å². The number of thiophene rings is 1. The quantitative estimate of drug-likeness (QED) is 0.693. The Morgan fingerprint density at radius 1 is 1.33 bits per heavy atom. The van der Waals surface area contributed by atoms with Gasteiger partial charge in [-0.1, -0.05) is 12.1 Å². The molecule has 1 fully saturated rings. The number of nitrogens with one attached hydrogen (secondary N) is 1. The van der Waals surface area contributed by atoms with E-state index < -0.39 is 0 Å². The molecule has 1 aliphatic rings. The second kappa shape index (κ2) is 8.63. The van der Waals surface area contributed by atoms with Gasteiger partial charge in [-0.25, -0.2) is 9.18 Å². The van der Waals surface area contributed by atoms with Crippen LogP contribution in [-0.2, 0) is 16.1 Å². The summed E-state index contributed by atoms with van der Waals surface area (Å²) in [5, 5.41) is 3.49. The number of carbonyl (C=O) groups is 2. The zero-order valence-electron chi connectivity index (χ0n) is 15.5. The number of hydrogen-bond donors (Lipinski definition) is 1. The number of esters is 1. The van der Waals surface area contributed by atoms with E-state index in [1.54, 1.807) is 19.1 Å². The Kier molecular flexibility index (Phi) is 6.23. The third kappa shape index (κ3) is 5.37. The number of amides is 1. The molecule has 0 bridgehead atoms. The first-order valence-electron chi connectivity index (χ1n) is 9.02. The van der Waals surface area contributed by atoms with Gasteiger partial charge in [-0.3, -0.25) is 9.69 Å². The number of nitrogens with zero attached hydrogens (tertiary/aromatic N) is 1. The summed E-state index contributed by atoms with van der Waals surface area (Å²) >= 11 is 1.22. The zero-order valence-corrected chi connectivity index (χ0v) is 16.3. The van der Waals surface area contributed by atoms with Gasteiger partial charge in [0.15, 0.2) is 0 Å². The minimum atomic E-state index is -0.369. The predicted molar refractivity (Wildman–Crippen MR) is 103 cm³/mol. The van der Waals surface area contributed by atoms with Crippen LogP contribution in [0.2, 0.25) is 0 Å². The summed E-state index contributed by atoms with van der Waals surface area (Å²) in [5.41, 5.74) is 1.64. The van der Waals surface area contributed by atoms with E-state index in [9.17, 15) is 14.0 Å². The van der Waals surface area contributed by atoms with E-state index in [2.05, 4.69) is 10.2 Å². The van der Waals surface area contributed by atoms with Gasteiger partial charge in [0.2, 0.25) is 5.91 Å². The Bertz CT molecular complexity index is 832. The molecule has 1 aromatic carbocycles. The van der Waals surface area contributed by atoms with Crippen LogP contribution in [0.5, 0.6) is 0 Å². The van der Waals surface area contributed by atoms with Crippen molar-refractivity contribution in [3.63, 3.8) is 0 Å². The highest BCUT2D eigenvalue weighted by atomic mass is 32.1. The summed E-state index contributed by atoms with van der Waals surface area (Å²) in [4.78, 5) is 27.0. The molecule has 5 nitrogen and oxygen atoms in total. The van der Waals surface area contributed by atoms with Crippen molar-refractivity contribution in [1.29, 1.82) is 0 Å². The molecular formula is C20H23FN2O3S. The van der Waals surface area contributed by atoms with E-state index in [1.807, 2.05) is 13.0 Å². The van der Waals surface area contributed by atoms with Gasteiger partial charge >= 0.3 is 5.97 Å². The highest BCUT2D eigenvalue weighted by molar-refractivity contribution is 7.18. The lowest BCUT2D eigenvalue weighted by Crippen LogP contribution is -2.34. The number of carbonyl (C=O) groups excluding carboxylic acids is 2. The topological polar surface area (TPSA) is 58.6 Å². The fourth-order valence-electron chi connectivity index (χ4n) is 2.93. The second-order valence-electron chi connectivity index (χ2n) is 6.66. The molecule has 1 saturated carbocycles. The van der Waals surface area contributed by atoms with Crippen molar-refractivity contribution >= 4 is 28.2 Å². The molecule has 144 valence electrons. The number of anilines is 1. The maximum Gasteiger partial charge on any atom is 0.348 e. The number of benzene rings is 1. The molecule has 1 aliphatic carbocycles. The molecule has 3 rings (SSSR count). The zero-order chi connectivity index (χ0) is 19.4. The van der Waals surface area contributed by atoms with Crippen molar-refractivity contribution in [2.24, 2.45) is 0 Å². The predicted octanol–water partition coefficient (Wildman–Crippen LogP) is 3.98. The normalized spacial score (nSPS) is 13.6. The standard InChI is InChI=1S/C20H23FN2O3S/c1-3-26-20(25)19-13(2)9-18(27-19)22-17(24)12-23(16-7-8-16)11-14-5-4-6-15(21)10-14/h4-6,9-10,16H,3,7-8,11-12H2,1-2H3,(H,22,24). The van der Waals surface area contributed by atoms with Gasteiger partial charge in [0, 0.05) is 12.6 Å². The first-order valence-corrected chi connectivity index (χ1v) is 9.83. The van der Waals surface area contributed by atoms with E-state index in [4.69, 9.17) is 4.74 Å². The smallest absolute Gasteiger partial charge is 0.348 e. The third-order valence-electron chi connectivity index (χ3n) is 4.33. The molecule has 1 heterocycles. The lowest BCUT2D eigenvalue weighted by molar-refractivity contribution is -0.117. The van der Waals surface area contributed by atoms with Crippen molar-refractivity contribution in [2.75, 3.05) is 18.5 Å². The monoisotopic (exact) mass is 390 g/mol. The highest BCUT2D eigenvalue weighted by Crippen LogP contribution is 2.30. The van der Waals surface area contributed by atoms with Gasteiger partial charge in [0.1, 0.15) is 10.7 Å². The SMILES string of the molecule is CCOC(=O)c1sc(NC(=O)CN(Cc2cccc(F)c2)C2CC2)cc1C. The van der Waals surface area contributed by atoms with Gasteiger partial charge in [0.05, 0.1) is 18.2 Å². The molecule has 0 atom stereocenters. The van der Waals surface area contributed by atoms with Gasteiger partial charge in [-0.05, 0) is 56.0 Å². The molecule has 1 aromatic heterocycles. The van der Waals surface area contributed by atoms with Crippen molar-refractivity contribution in [3.8, 4) is 0 Å². The van der Waals surface area contributed by atoms with Crippen molar-refractivity contribution in [1.82, 2.24) is 4.90 Å². The minimum Gasteiger partial charge on any atom is -0.462 e. The lowest BCUT2D eigenvalue weighted by atomic mass is 10.2. The van der Waals surface area contributed by atoms with Crippen LogP contribution >= 0.6 is 11.3 Å². The number of aryl methyl sites for hydroxylation is 1. The van der Waals surface area contributed by atoms with Gasteiger partial charge in [-0.15, -0.1) is 11.3 Å². The number of rotatable bonds is 8. The van der Waals surface area contributed by atoms with E-state index in [0.29, 0.717) is 29.1 Å². The Morgan fingerprint density at radius 2 is 2.11 bits per heavy atom. The highest BCUT2D eigenvalue weighted by Gasteiger charge is 2.30. The Balaban J connectivity index is 1.61. The van der Waals surface area contributed by atoms with E-state index in [0.717, 1.165) is 24.0 Å². The minimum absolute atomic E-state index is 0.144. The van der Waals surface area contributed by atoms with Crippen molar-refractivity contribution < 1.29 is 18.7 Å². The molecular weight excluding hydrogens is 367 g/mol. The van der Waals surface area contributed by atoms with Crippen LogP contribution in [0.3, 0.4) is 0 Å². The Hall–Kier alpha value is -2.25. The Morgan fingerprint density at radius 3 is 2.78 bits per heavy atom. The molecule has 1 amide bonds. The van der Waals surface area contributed by atoms with Crippen LogP contribution in [0.4, 0.5) is 9.39 Å². The fraction of sp³-hybridized carbons (Fsp3) is 0.400. The summed E-state index contributed by atoms with van der Waals surface area (Å²) in [6.07, 6.45) is 2.10. The lowest BCUT2D eigenvalue weighted by Gasteiger charge is -2.21.